The third kappa shape index (κ3) is 6.36. The highest BCUT2D eigenvalue weighted by atomic mass is 16.4. The van der Waals surface area contributed by atoms with Crippen molar-refractivity contribution >= 4 is 11.9 Å². The zero-order valence-electron chi connectivity index (χ0n) is 9.91. The number of aliphatic carboxylic acids is 1. The maximum atomic E-state index is 11.2. The average molecular weight is 232 g/mol. The van der Waals surface area contributed by atoms with Crippen molar-refractivity contribution in [3.63, 3.8) is 0 Å². The molecule has 0 aliphatic carbocycles. The molecule has 0 saturated heterocycles. The van der Waals surface area contributed by atoms with Gasteiger partial charge < -0.3 is 20.8 Å². The molecule has 6 heteroatoms. The minimum Gasteiger partial charge on any atom is -0.479 e. The molecule has 0 rings (SSSR count). The standard InChI is InChI=1S/C10H20N2O4/c1-7(2)11-5-4-8(13)12-6-10(3,16)9(14)15/h7,11,16H,4-6H2,1-3H3,(H,12,13)(H,14,15). The van der Waals surface area contributed by atoms with Gasteiger partial charge in [0, 0.05) is 19.0 Å². The molecule has 0 heterocycles. The van der Waals surface area contributed by atoms with Crippen LogP contribution in [0.1, 0.15) is 27.2 Å². The van der Waals surface area contributed by atoms with Gasteiger partial charge in [0.1, 0.15) is 0 Å². The van der Waals surface area contributed by atoms with Crippen molar-refractivity contribution in [2.24, 2.45) is 0 Å². The van der Waals surface area contributed by atoms with E-state index in [1.165, 1.54) is 0 Å². The number of rotatable bonds is 7. The smallest absolute Gasteiger partial charge is 0.337 e. The molecular formula is C10H20N2O4. The van der Waals surface area contributed by atoms with E-state index in [2.05, 4.69) is 10.6 Å². The fourth-order valence-electron chi connectivity index (χ4n) is 0.909. The lowest BCUT2D eigenvalue weighted by Gasteiger charge is -2.18. The third-order valence-corrected chi connectivity index (χ3v) is 2.00. The molecule has 0 bridgehead atoms. The second-order valence-corrected chi connectivity index (χ2v) is 4.21. The number of carboxylic acids is 1. The van der Waals surface area contributed by atoms with E-state index in [9.17, 15) is 14.7 Å². The van der Waals surface area contributed by atoms with E-state index >= 15 is 0 Å². The van der Waals surface area contributed by atoms with E-state index in [0.29, 0.717) is 12.6 Å². The number of hydrogen-bond donors (Lipinski definition) is 4. The van der Waals surface area contributed by atoms with Crippen LogP contribution in [0.4, 0.5) is 0 Å². The molecule has 0 aliphatic heterocycles. The zero-order chi connectivity index (χ0) is 12.8. The number of hydrogen-bond acceptors (Lipinski definition) is 4. The summed E-state index contributed by atoms with van der Waals surface area (Å²) in [4.78, 5) is 21.8. The van der Waals surface area contributed by atoms with Crippen LogP contribution in [0.25, 0.3) is 0 Å². The normalized spacial score (nSPS) is 14.6. The average Bonchev–Trinajstić information content (AvgIpc) is 2.14. The lowest BCUT2D eigenvalue weighted by molar-refractivity contribution is -0.156. The van der Waals surface area contributed by atoms with E-state index in [4.69, 9.17) is 5.11 Å². The second-order valence-electron chi connectivity index (χ2n) is 4.21. The summed E-state index contributed by atoms with van der Waals surface area (Å²) in [5.74, 6) is -1.64. The van der Waals surface area contributed by atoms with Crippen LogP contribution >= 0.6 is 0 Å². The van der Waals surface area contributed by atoms with Crippen LogP contribution in [0.15, 0.2) is 0 Å². The third-order valence-electron chi connectivity index (χ3n) is 2.00. The van der Waals surface area contributed by atoms with Crippen LogP contribution in [0.2, 0.25) is 0 Å². The van der Waals surface area contributed by atoms with Gasteiger partial charge in [-0.15, -0.1) is 0 Å². The molecule has 0 aromatic rings. The fraction of sp³-hybridized carbons (Fsp3) is 0.800. The molecule has 0 radical (unpaired) electrons. The molecule has 94 valence electrons. The second kappa shape index (κ2) is 6.44. The Kier molecular flexibility index (Phi) is 5.98. The first kappa shape index (κ1) is 14.9. The molecule has 0 fully saturated rings. The van der Waals surface area contributed by atoms with E-state index in [-0.39, 0.29) is 18.9 Å². The van der Waals surface area contributed by atoms with E-state index in [1.807, 2.05) is 13.8 Å². The Balaban J connectivity index is 3.77. The summed E-state index contributed by atoms with van der Waals surface area (Å²) in [5.41, 5.74) is -1.92. The summed E-state index contributed by atoms with van der Waals surface area (Å²) in [6.45, 7) is 5.31. The van der Waals surface area contributed by atoms with Gasteiger partial charge in [-0.3, -0.25) is 4.79 Å². The summed E-state index contributed by atoms with van der Waals surface area (Å²) in [6.07, 6.45) is 0.258. The summed E-state index contributed by atoms with van der Waals surface area (Å²) in [7, 11) is 0. The number of carbonyl (C=O) groups excluding carboxylic acids is 1. The Labute approximate surface area is 95.0 Å². The lowest BCUT2D eigenvalue weighted by Crippen LogP contribution is -2.47. The lowest BCUT2D eigenvalue weighted by atomic mass is 10.1. The highest BCUT2D eigenvalue weighted by molar-refractivity contribution is 5.80. The molecule has 6 nitrogen and oxygen atoms in total. The van der Waals surface area contributed by atoms with Gasteiger partial charge in [-0.05, 0) is 6.92 Å². The first-order valence-electron chi connectivity index (χ1n) is 5.21. The largest absolute Gasteiger partial charge is 0.479 e. The van der Waals surface area contributed by atoms with Gasteiger partial charge in [-0.25, -0.2) is 4.79 Å². The molecule has 16 heavy (non-hydrogen) atoms. The number of carboxylic acid groups (broad SMARTS) is 1. The van der Waals surface area contributed by atoms with Crippen molar-refractivity contribution in [1.82, 2.24) is 10.6 Å². The summed E-state index contributed by atoms with van der Waals surface area (Å²) in [6, 6.07) is 0.301. The van der Waals surface area contributed by atoms with E-state index in [0.717, 1.165) is 6.92 Å². The van der Waals surface area contributed by atoms with Crippen molar-refractivity contribution in [2.75, 3.05) is 13.1 Å². The van der Waals surface area contributed by atoms with Gasteiger partial charge in [-0.1, -0.05) is 13.8 Å². The SMILES string of the molecule is CC(C)NCCC(=O)NCC(C)(O)C(=O)O. The summed E-state index contributed by atoms with van der Waals surface area (Å²) in [5, 5.41) is 23.3. The van der Waals surface area contributed by atoms with Gasteiger partial charge in [0.05, 0.1) is 6.54 Å². The van der Waals surface area contributed by atoms with Crippen molar-refractivity contribution in [2.45, 2.75) is 38.8 Å². The van der Waals surface area contributed by atoms with Gasteiger partial charge in [-0.2, -0.15) is 0 Å². The topological polar surface area (TPSA) is 98.7 Å². The Morgan fingerprint density at radius 1 is 1.38 bits per heavy atom. The zero-order valence-corrected chi connectivity index (χ0v) is 9.91. The maximum Gasteiger partial charge on any atom is 0.337 e. The molecule has 0 saturated carbocycles. The predicted molar refractivity (Wildman–Crippen MR) is 59.0 cm³/mol. The fourth-order valence-corrected chi connectivity index (χ4v) is 0.909. The van der Waals surface area contributed by atoms with Crippen LogP contribution in [-0.4, -0.2) is 46.8 Å². The van der Waals surface area contributed by atoms with E-state index < -0.39 is 11.6 Å². The molecular weight excluding hydrogens is 212 g/mol. The molecule has 0 aromatic heterocycles. The monoisotopic (exact) mass is 232 g/mol. The maximum absolute atomic E-state index is 11.2. The highest BCUT2D eigenvalue weighted by Crippen LogP contribution is 2.00. The van der Waals surface area contributed by atoms with Gasteiger partial charge in [0.25, 0.3) is 0 Å². The van der Waals surface area contributed by atoms with Crippen molar-refractivity contribution < 1.29 is 19.8 Å². The van der Waals surface area contributed by atoms with Gasteiger partial charge in [0.15, 0.2) is 5.60 Å². The molecule has 0 aliphatic rings. The Morgan fingerprint density at radius 3 is 2.38 bits per heavy atom. The number of carbonyl (C=O) groups is 2. The van der Waals surface area contributed by atoms with Gasteiger partial charge in [0.2, 0.25) is 5.91 Å². The molecule has 0 spiro atoms. The summed E-state index contributed by atoms with van der Waals surface area (Å²) < 4.78 is 0. The molecule has 0 aromatic carbocycles. The Hall–Kier alpha value is -1.14. The van der Waals surface area contributed by atoms with Crippen molar-refractivity contribution in [3.8, 4) is 0 Å². The van der Waals surface area contributed by atoms with Crippen LogP contribution in [0.3, 0.4) is 0 Å². The van der Waals surface area contributed by atoms with Crippen molar-refractivity contribution in [1.29, 1.82) is 0 Å². The Bertz CT molecular complexity index is 251. The first-order chi connectivity index (χ1) is 7.25. The molecule has 1 atom stereocenters. The van der Waals surface area contributed by atoms with Gasteiger partial charge >= 0.3 is 5.97 Å². The molecule has 1 unspecified atom stereocenters. The van der Waals surface area contributed by atoms with Crippen LogP contribution in [-0.2, 0) is 9.59 Å². The number of amides is 1. The van der Waals surface area contributed by atoms with Crippen LogP contribution in [0, 0.1) is 0 Å². The minimum absolute atomic E-state index is 0.258. The molecule has 4 N–H and O–H groups in total. The number of nitrogens with one attached hydrogen (secondary N) is 2. The first-order valence-corrected chi connectivity index (χ1v) is 5.21. The minimum atomic E-state index is -1.92. The number of aliphatic hydroxyl groups is 1. The van der Waals surface area contributed by atoms with E-state index in [1.54, 1.807) is 0 Å². The van der Waals surface area contributed by atoms with Crippen LogP contribution < -0.4 is 10.6 Å². The predicted octanol–water partition coefficient (Wildman–Crippen LogP) is -0.674. The quantitative estimate of drug-likeness (QED) is 0.466. The van der Waals surface area contributed by atoms with Crippen LogP contribution in [0.5, 0.6) is 0 Å². The highest BCUT2D eigenvalue weighted by Gasteiger charge is 2.29. The summed E-state index contributed by atoms with van der Waals surface area (Å²) >= 11 is 0. The molecule has 1 amide bonds. The Morgan fingerprint density at radius 2 is 1.94 bits per heavy atom. The van der Waals surface area contributed by atoms with Crippen molar-refractivity contribution in [3.05, 3.63) is 0 Å².